The van der Waals surface area contributed by atoms with Crippen molar-refractivity contribution in [2.75, 3.05) is 17.5 Å². The molecule has 9 heteroatoms. The summed E-state index contributed by atoms with van der Waals surface area (Å²) < 4.78 is 33.3. The molecule has 1 amide bonds. The maximum atomic E-state index is 13.4. The van der Waals surface area contributed by atoms with Gasteiger partial charge < -0.3 is 4.74 Å². The van der Waals surface area contributed by atoms with Gasteiger partial charge in [0.25, 0.3) is 15.9 Å². The zero-order valence-electron chi connectivity index (χ0n) is 16.9. The largest absolute Gasteiger partial charge is 0.492 e. The van der Waals surface area contributed by atoms with E-state index in [1.807, 2.05) is 0 Å². The summed E-state index contributed by atoms with van der Waals surface area (Å²) in [6.07, 6.45) is 2.98. The van der Waals surface area contributed by atoms with Crippen molar-refractivity contribution in [3.63, 3.8) is 0 Å². The number of sulfonamides is 1. The number of hydrogen-bond donors (Lipinski definition) is 1. The highest BCUT2D eigenvalue weighted by atomic mass is 32.2. The van der Waals surface area contributed by atoms with Crippen molar-refractivity contribution >= 4 is 27.8 Å². The number of nitrogens with zero attached hydrogens (tertiary/aromatic N) is 3. The van der Waals surface area contributed by atoms with Gasteiger partial charge in [0.05, 0.1) is 29.1 Å². The van der Waals surface area contributed by atoms with E-state index in [0.29, 0.717) is 18.1 Å². The quantitative estimate of drug-likeness (QED) is 0.409. The monoisotopic (exact) mass is 438 g/mol. The number of ether oxygens (including phenoxy) is 1. The lowest BCUT2D eigenvalue weighted by atomic mass is 10.3. The predicted octanol–water partition coefficient (Wildman–Crippen LogP) is 2.83. The number of benzene rings is 2. The number of rotatable bonds is 9. The van der Waals surface area contributed by atoms with E-state index in [1.54, 1.807) is 73.8 Å². The Hall–Kier alpha value is -3.72. The predicted molar refractivity (Wildman–Crippen MR) is 119 cm³/mol. The van der Waals surface area contributed by atoms with Crippen LogP contribution in [-0.4, -0.2) is 38.7 Å². The second kappa shape index (κ2) is 10.4. The molecule has 0 unspecified atom stereocenters. The highest BCUT2D eigenvalue weighted by Gasteiger charge is 2.29. The van der Waals surface area contributed by atoms with E-state index in [1.165, 1.54) is 18.3 Å². The number of hydrazone groups is 1. The Morgan fingerprint density at radius 2 is 1.77 bits per heavy atom. The van der Waals surface area contributed by atoms with Crippen LogP contribution >= 0.6 is 0 Å². The molecule has 0 saturated carbocycles. The zero-order chi connectivity index (χ0) is 22.1. The Bertz CT molecular complexity index is 1140. The highest BCUT2D eigenvalue weighted by molar-refractivity contribution is 7.92. The molecule has 0 aliphatic carbocycles. The van der Waals surface area contributed by atoms with Crippen molar-refractivity contribution in [2.45, 2.75) is 11.8 Å². The average molecular weight is 439 g/mol. The molecule has 160 valence electrons. The van der Waals surface area contributed by atoms with Crippen LogP contribution < -0.4 is 14.5 Å². The van der Waals surface area contributed by atoms with Crippen molar-refractivity contribution in [3.05, 3.63) is 84.7 Å². The van der Waals surface area contributed by atoms with E-state index in [9.17, 15) is 13.2 Å². The molecule has 0 bridgehead atoms. The summed E-state index contributed by atoms with van der Waals surface area (Å²) in [4.78, 5) is 16.7. The van der Waals surface area contributed by atoms with Crippen LogP contribution in [0.25, 0.3) is 0 Å². The second-order valence-corrected chi connectivity index (χ2v) is 8.14. The molecule has 0 atom stereocenters. The molecule has 0 fully saturated rings. The lowest BCUT2D eigenvalue weighted by Gasteiger charge is -2.25. The molecule has 0 aliphatic heterocycles. The van der Waals surface area contributed by atoms with E-state index in [4.69, 9.17) is 4.74 Å². The summed E-state index contributed by atoms with van der Waals surface area (Å²) >= 11 is 0. The lowest BCUT2D eigenvalue weighted by molar-refractivity contribution is -0.119. The van der Waals surface area contributed by atoms with Crippen LogP contribution in [0.5, 0.6) is 5.75 Å². The molecule has 1 heterocycles. The van der Waals surface area contributed by atoms with Gasteiger partial charge in [-0.25, -0.2) is 13.8 Å². The number of pyridine rings is 1. The van der Waals surface area contributed by atoms with Gasteiger partial charge in [0.15, 0.2) is 0 Å². The number of anilines is 1. The van der Waals surface area contributed by atoms with Crippen molar-refractivity contribution < 1.29 is 17.9 Å². The maximum absolute atomic E-state index is 13.4. The van der Waals surface area contributed by atoms with Crippen LogP contribution in [0.4, 0.5) is 5.69 Å². The third-order valence-corrected chi connectivity index (χ3v) is 5.90. The summed E-state index contributed by atoms with van der Waals surface area (Å²) in [5, 5.41) is 3.86. The Kier molecular flexibility index (Phi) is 7.34. The van der Waals surface area contributed by atoms with Gasteiger partial charge in [-0.1, -0.05) is 36.4 Å². The molecule has 1 aromatic heterocycles. The number of aromatic nitrogens is 1. The molecule has 3 aromatic rings. The van der Waals surface area contributed by atoms with Crippen molar-refractivity contribution in [3.8, 4) is 5.75 Å². The fourth-order valence-electron chi connectivity index (χ4n) is 2.75. The first-order valence-corrected chi connectivity index (χ1v) is 11.0. The molecular weight excluding hydrogens is 416 g/mol. The topological polar surface area (TPSA) is 101 Å². The minimum absolute atomic E-state index is 0.0612. The summed E-state index contributed by atoms with van der Waals surface area (Å²) in [7, 11) is -4.04. The molecule has 1 N–H and O–H groups in total. The van der Waals surface area contributed by atoms with Crippen molar-refractivity contribution in [1.82, 2.24) is 10.4 Å². The van der Waals surface area contributed by atoms with E-state index in [0.717, 1.165) is 4.31 Å². The van der Waals surface area contributed by atoms with Crippen LogP contribution in [0.3, 0.4) is 0 Å². The van der Waals surface area contributed by atoms with Crippen LogP contribution in [-0.2, 0) is 14.8 Å². The summed E-state index contributed by atoms with van der Waals surface area (Å²) in [6.45, 7) is 1.66. The van der Waals surface area contributed by atoms with Gasteiger partial charge >= 0.3 is 0 Å². The van der Waals surface area contributed by atoms with E-state index in [-0.39, 0.29) is 10.6 Å². The van der Waals surface area contributed by atoms with E-state index in [2.05, 4.69) is 15.5 Å². The Labute approximate surface area is 181 Å². The molecule has 2 aromatic carbocycles. The van der Waals surface area contributed by atoms with Gasteiger partial charge in [0.2, 0.25) is 0 Å². The fraction of sp³-hybridized carbons (Fsp3) is 0.136. The maximum Gasteiger partial charge on any atom is 0.264 e. The minimum atomic E-state index is -4.04. The van der Waals surface area contributed by atoms with Gasteiger partial charge in [-0.2, -0.15) is 5.10 Å². The molecule has 0 saturated heterocycles. The SMILES string of the molecule is CCOc1ccccc1N(CC(=O)N/N=C\c1ccccn1)S(=O)(=O)c1ccccc1. The summed E-state index contributed by atoms with van der Waals surface area (Å²) in [6, 6.07) is 19.9. The molecule has 31 heavy (non-hydrogen) atoms. The normalized spacial score (nSPS) is 11.3. The minimum Gasteiger partial charge on any atom is -0.492 e. The van der Waals surface area contributed by atoms with Crippen LogP contribution in [0, 0.1) is 0 Å². The molecule has 0 radical (unpaired) electrons. The highest BCUT2D eigenvalue weighted by Crippen LogP contribution is 2.32. The average Bonchev–Trinajstić information content (AvgIpc) is 2.79. The smallest absolute Gasteiger partial charge is 0.264 e. The van der Waals surface area contributed by atoms with Gasteiger partial charge in [-0.3, -0.25) is 14.1 Å². The lowest BCUT2D eigenvalue weighted by Crippen LogP contribution is -2.39. The molecule has 8 nitrogen and oxygen atoms in total. The first kappa shape index (κ1) is 22.0. The van der Waals surface area contributed by atoms with Crippen LogP contribution in [0.15, 0.2) is 89.0 Å². The van der Waals surface area contributed by atoms with Gasteiger partial charge in [-0.15, -0.1) is 0 Å². The molecule has 3 rings (SSSR count). The Morgan fingerprint density at radius 1 is 1.06 bits per heavy atom. The Balaban J connectivity index is 1.89. The van der Waals surface area contributed by atoms with Crippen molar-refractivity contribution in [1.29, 1.82) is 0 Å². The zero-order valence-corrected chi connectivity index (χ0v) is 17.7. The number of amides is 1. The third kappa shape index (κ3) is 5.67. The molecule has 0 aliphatic rings. The third-order valence-electron chi connectivity index (χ3n) is 4.13. The number of carbonyl (C=O) groups is 1. The fourth-order valence-corrected chi connectivity index (χ4v) is 4.20. The van der Waals surface area contributed by atoms with Crippen LogP contribution in [0.2, 0.25) is 0 Å². The number of hydrogen-bond acceptors (Lipinski definition) is 6. The number of carbonyl (C=O) groups excluding carboxylic acids is 1. The van der Waals surface area contributed by atoms with E-state index < -0.39 is 22.5 Å². The van der Waals surface area contributed by atoms with Crippen LogP contribution in [0.1, 0.15) is 12.6 Å². The Morgan fingerprint density at radius 3 is 2.48 bits per heavy atom. The first-order valence-electron chi connectivity index (χ1n) is 9.55. The molecule has 0 spiro atoms. The van der Waals surface area contributed by atoms with Gasteiger partial charge in [0.1, 0.15) is 12.3 Å². The number of nitrogens with one attached hydrogen (secondary N) is 1. The summed E-state index contributed by atoms with van der Waals surface area (Å²) in [5.74, 6) is -0.257. The standard InChI is InChI=1S/C22H22N4O4S/c1-2-30-21-14-7-6-13-20(21)26(31(28,29)19-11-4-3-5-12-19)17-22(27)25-24-16-18-10-8-9-15-23-18/h3-16H,2,17H2,1H3,(H,25,27)/b24-16-. The van der Waals surface area contributed by atoms with Crippen molar-refractivity contribution in [2.24, 2.45) is 5.10 Å². The van der Waals surface area contributed by atoms with E-state index >= 15 is 0 Å². The van der Waals surface area contributed by atoms with Gasteiger partial charge in [0, 0.05) is 6.20 Å². The molecular formula is C22H22N4O4S. The summed E-state index contributed by atoms with van der Waals surface area (Å²) in [5.41, 5.74) is 3.17. The van der Waals surface area contributed by atoms with Gasteiger partial charge in [-0.05, 0) is 43.3 Å². The first-order chi connectivity index (χ1) is 15.0. The number of para-hydroxylation sites is 2. The second-order valence-electron chi connectivity index (χ2n) is 6.27.